The standard InChI is InChI=1S/C16H19N3O4/c1-9(20)23-12-6-4-5-11-10(7-16(2,3)14(17)21)8-19(13(11)12)15(18)22/h4-6,8H,7H2,1-3H3,(H2,17,21)(H2,18,22). The van der Waals surface area contributed by atoms with Crippen molar-refractivity contribution in [2.75, 3.05) is 0 Å². The minimum atomic E-state index is -0.797. The van der Waals surface area contributed by atoms with Crippen LogP contribution >= 0.6 is 0 Å². The lowest BCUT2D eigenvalue weighted by Crippen LogP contribution is -2.33. The molecule has 2 rings (SSSR count). The molecule has 0 aliphatic carbocycles. The van der Waals surface area contributed by atoms with Gasteiger partial charge in [0.1, 0.15) is 5.52 Å². The van der Waals surface area contributed by atoms with Gasteiger partial charge in [-0.3, -0.25) is 14.2 Å². The number of fused-ring (bicyclic) bond motifs is 1. The van der Waals surface area contributed by atoms with Crippen LogP contribution in [0.4, 0.5) is 4.79 Å². The van der Waals surface area contributed by atoms with Gasteiger partial charge in [-0.1, -0.05) is 26.0 Å². The molecule has 4 N–H and O–H groups in total. The molecule has 0 aliphatic rings. The molecule has 0 bridgehead atoms. The Morgan fingerprint density at radius 3 is 2.39 bits per heavy atom. The fraction of sp³-hybridized carbons (Fsp3) is 0.312. The van der Waals surface area contributed by atoms with Crippen LogP contribution in [-0.2, 0) is 16.0 Å². The van der Waals surface area contributed by atoms with E-state index < -0.39 is 23.3 Å². The van der Waals surface area contributed by atoms with Crippen LogP contribution in [-0.4, -0.2) is 22.5 Å². The number of ether oxygens (including phenoxy) is 1. The molecule has 1 aromatic heterocycles. The van der Waals surface area contributed by atoms with Gasteiger partial charge >= 0.3 is 12.0 Å². The van der Waals surface area contributed by atoms with Gasteiger partial charge in [-0.2, -0.15) is 0 Å². The lowest BCUT2D eigenvalue weighted by atomic mass is 9.85. The first kappa shape index (κ1) is 16.5. The van der Waals surface area contributed by atoms with Crippen molar-refractivity contribution in [3.63, 3.8) is 0 Å². The highest BCUT2D eigenvalue weighted by Gasteiger charge is 2.28. The summed E-state index contributed by atoms with van der Waals surface area (Å²) in [6.07, 6.45) is 1.87. The van der Waals surface area contributed by atoms with Crippen LogP contribution in [0.15, 0.2) is 24.4 Å². The number of nitrogens with two attached hydrogens (primary N) is 2. The summed E-state index contributed by atoms with van der Waals surface area (Å²) < 4.78 is 6.36. The molecule has 0 unspecified atom stereocenters. The zero-order valence-corrected chi connectivity index (χ0v) is 13.3. The largest absolute Gasteiger partial charge is 0.424 e. The summed E-state index contributed by atoms with van der Waals surface area (Å²) in [5.41, 5.74) is 11.1. The Hall–Kier alpha value is -2.83. The second-order valence-electron chi connectivity index (χ2n) is 6.03. The molecule has 122 valence electrons. The Balaban J connectivity index is 2.67. The molecular weight excluding hydrogens is 298 g/mol. The van der Waals surface area contributed by atoms with E-state index in [0.29, 0.717) is 17.3 Å². The third-order valence-electron chi connectivity index (χ3n) is 3.66. The smallest absolute Gasteiger partial charge is 0.323 e. The highest BCUT2D eigenvalue weighted by atomic mass is 16.5. The molecule has 0 aliphatic heterocycles. The number of aromatic nitrogens is 1. The number of carbonyl (C=O) groups excluding carboxylic acids is 3. The van der Waals surface area contributed by atoms with Crippen LogP contribution in [0.3, 0.4) is 0 Å². The molecule has 2 aromatic rings. The van der Waals surface area contributed by atoms with Crippen molar-refractivity contribution in [1.82, 2.24) is 4.57 Å². The molecular formula is C16H19N3O4. The van der Waals surface area contributed by atoms with Crippen molar-refractivity contribution in [2.45, 2.75) is 27.2 Å². The van der Waals surface area contributed by atoms with Crippen LogP contribution in [0.1, 0.15) is 26.3 Å². The van der Waals surface area contributed by atoms with E-state index >= 15 is 0 Å². The first-order chi connectivity index (χ1) is 10.6. The second-order valence-corrected chi connectivity index (χ2v) is 6.03. The summed E-state index contributed by atoms with van der Waals surface area (Å²) in [6, 6.07) is 4.34. The van der Waals surface area contributed by atoms with Gasteiger partial charge in [-0.25, -0.2) is 4.79 Å². The Labute approximate surface area is 133 Å². The predicted molar refractivity (Wildman–Crippen MR) is 84.9 cm³/mol. The van der Waals surface area contributed by atoms with Gasteiger partial charge < -0.3 is 16.2 Å². The van der Waals surface area contributed by atoms with Crippen molar-refractivity contribution in [3.8, 4) is 5.75 Å². The van der Waals surface area contributed by atoms with Gasteiger partial charge in [-0.15, -0.1) is 0 Å². The van der Waals surface area contributed by atoms with E-state index in [1.54, 1.807) is 38.2 Å². The zero-order chi connectivity index (χ0) is 17.4. The minimum absolute atomic E-state index is 0.233. The summed E-state index contributed by atoms with van der Waals surface area (Å²) in [5.74, 6) is -0.723. The first-order valence-electron chi connectivity index (χ1n) is 7.04. The van der Waals surface area contributed by atoms with Gasteiger partial charge in [0.15, 0.2) is 5.75 Å². The van der Waals surface area contributed by atoms with E-state index in [1.807, 2.05) is 0 Å². The molecule has 0 fully saturated rings. The van der Waals surface area contributed by atoms with Gasteiger partial charge in [-0.05, 0) is 18.1 Å². The number of carbonyl (C=O) groups is 3. The number of primary amides is 2. The molecule has 7 nitrogen and oxygen atoms in total. The van der Waals surface area contributed by atoms with Crippen LogP contribution < -0.4 is 16.2 Å². The lowest BCUT2D eigenvalue weighted by Gasteiger charge is -2.19. The Morgan fingerprint density at radius 1 is 1.22 bits per heavy atom. The summed E-state index contributed by atoms with van der Waals surface area (Å²) in [5, 5.41) is 0.678. The van der Waals surface area contributed by atoms with Gasteiger partial charge in [0.25, 0.3) is 0 Å². The third-order valence-corrected chi connectivity index (χ3v) is 3.66. The van der Waals surface area contributed by atoms with E-state index in [2.05, 4.69) is 0 Å². The molecule has 2 amide bonds. The number of amides is 2. The maximum Gasteiger partial charge on any atom is 0.323 e. The summed E-state index contributed by atoms with van der Waals surface area (Å²) in [7, 11) is 0. The van der Waals surface area contributed by atoms with Gasteiger partial charge in [0.05, 0.1) is 0 Å². The van der Waals surface area contributed by atoms with E-state index in [-0.39, 0.29) is 5.75 Å². The van der Waals surface area contributed by atoms with E-state index in [1.165, 1.54) is 11.5 Å². The van der Waals surface area contributed by atoms with Crippen LogP contribution in [0.5, 0.6) is 5.75 Å². The van der Waals surface area contributed by atoms with Crippen molar-refractivity contribution < 1.29 is 19.1 Å². The maximum absolute atomic E-state index is 11.7. The number of rotatable bonds is 4. The van der Waals surface area contributed by atoms with Crippen molar-refractivity contribution in [1.29, 1.82) is 0 Å². The SMILES string of the molecule is CC(=O)Oc1cccc2c(CC(C)(C)C(N)=O)cn(C(N)=O)c12. The molecule has 0 saturated carbocycles. The van der Waals surface area contributed by atoms with Crippen LogP contribution in [0, 0.1) is 5.41 Å². The molecule has 0 radical (unpaired) electrons. The van der Waals surface area contributed by atoms with Crippen molar-refractivity contribution in [2.24, 2.45) is 16.9 Å². The van der Waals surface area contributed by atoms with Crippen LogP contribution in [0.25, 0.3) is 10.9 Å². The van der Waals surface area contributed by atoms with Crippen molar-refractivity contribution >= 4 is 28.8 Å². The second kappa shape index (κ2) is 5.75. The number of hydrogen-bond donors (Lipinski definition) is 2. The van der Waals surface area contributed by atoms with Gasteiger partial charge in [0, 0.05) is 23.9 Å². The topological polar surface area (TPSA) is 117 Å². The van der Waals surface area contributed by atoms with E-state index in [0.717, 1.165) is 5.56 Å². The normalized spacial score (nSPS) is 11.4. The zero-order valence-electron chi connectivity index (χ0n) is 13.3. The monoisotopic (exact) mass is 317 g/mol. The summed E-state index contributed by atoms with van der Waals surface area (Å²) in [6.45, 7) is 4.71. The number of benzene rings is 1. The molecule has 0 saturated heterocycles. The Bertz CT molecular complexity index is 805. The predicted octanol–water partition coefficient (Wildman–Crippen LogP) is 1.55. The molecule has 23 heavy (non-hydrogen) atoms. The number of para-hydroxylation sites is 1. The average Bonchev–Trinajstić information content (AvgIpc) is 2.77. The highest BCUT2D eigenvalue weighted by Crippen LogP contribution is 2.33. The minimum Gasteiger partial charge on any atom is -0.424 e. The molecule has 0 spiro atoms. The first-order valence-corrected chi connectivity index (χ1v) is 7.04. The molecule has 0 atom stereocenters. The van der Waals surface area contributed by atoms with E-state index in [9.17, 15) is 14.4 Å². The molecule has 7 heteroatoms. The summed E-state index contributed by atoms with van der Waals surface area (Å²) >= 11 is 0. The quantitative estimate of drug-likeness (QED) is 0.657. The Kier molecular flexibility index (Phi) is 4.14. The number of hydrogen-bond acceptors (Lipinski definition) is 4. The molecule has 1 heterocycles. The number of nitrogens with zero attached hydrogens (tertiary/aromatic N) is 1. The highest BCUT2D eigenvalue weighted by molar-refractivity contribution is 5.98. The number of esters is 1. The van der Waals surface area contributed by atoms with E-state index in [4.69, 9.17) is 16.2 Å². The fourth-order valence-corrected chi connectivity index (χ4v) is 2.43. The molecule has 1 aromatic carbocycles. The lowest BCUT2D eigenvalue weighted by molar-refractivity contribution is -0.131. The van der Waals surface area contributed by atoms with Gasteiger partial charge in [0.2, 0.25) is 5.91 Å². The third kappa shape index (κ3) is 3.18. The summed E-state index contributed by atoms with van der Waals surface area (Å²) in [4.78, 5) is 34.5. The fourth-order valence-electron chi connectivity index (χ4n) is 2.43. The maximum atomic E-state index is 11.7. The van der Waals surface area contributed by atoms with Crippen molar-refractivity contribution in [3.05, 3.63) is 30.0 Å². The van der Waals surface area contributed by atoms with Crippen LogP contribution in [0.2, 0.25) is 0 Å². The Morgan fingerprint density at radius 2 is 1.87 bits per heavy atom. The average molecular weight is 317 g/mol.